The van der Waals surface area contributed by atoms with E-state index >= 15 is 0 Å². The first-order valence-electron chi connectivity index (χ1n) is 3.53. The first-order chi connectivity index (χ1) is 6.72. The van der Waals surface area contributed by atoms with Crippen molar-refractivity contribution in [3.05, 3.63) is 29.1 Å². The molecule has 0 fully saturated rings. The first-order valence-corrected chi connectivity index (χ1v) is 4.90. The van der Waals surface area contributed by atoms with Crippen LogP contribution >= 0.6 is 0 Å². The Morgan fingerprint density at radius 2 is 1.80 bits per heavy atom. The molecule has 84 valence electrons. The van der Waals surface area contributed by atoms with E-state index in [0.29, 0.717) is 0 Å². The highest BCUT2D eigenvalue weighted by molar-refractivity contribution is 7.81. The number of halogens is 3. The zero-order valence-corrected chi connectivity index (χ0v) is 8.11. The van der Waals surface area contributed by atoms with Crippen molar-refractivity contribution in [2.45, 2.75) is 6.92 Å². The number of benzene rings is 1. The van der Waals surface area contributed by atoms with Crippen molar-refractivity contribution >= 4 is 10.4 Å². The summed E-state index contributed by atoms with van der Waals surface area (Å²) < 4.78 is 70.8. The molecule has 0 aliphatic carbocycles. The Morgan fingerprint density at radius 1 is 1.27 bits per heavy atom. The normalized spacial score (nSPS) is 11.5. The van der Waals surface area contributed by atoms with Crippen molar-refractivity contribution in [2.24, 2.45) is 0 Å². The van der Waals surface area contributed by atoms with E-state index in [9.17, 15) is 21.6 Å². The lowest BCUT2D eigenvalue weighted by atomic mass is 10.2. The predicted molar refractivity (Wildman–Crippen MR) is 43.2 cm³/mol. The lowest BCUT2D eigenvalue weighted by Gasteiger charge is -2.06. The van der Waals surface area contributed by atoms with Gasteiger partial charge in [-0.15, -0.1) is 0 Å². The summed E-state index contributed by atoms with van der Waals surface area (Å²) >= 11 is 0. The molecule has 0 spiro atoms. The second kappa shape index (κ2) is 3.70. The van der Waals surface area contributed by atoms with E-state index in [0.717, 1.165) is 6.92 Å². The summed E-state index contributed by atoms with van der Waals surface area (Å²) in [7, 11) is -5.05. The molecule has 8 heteroatoms. The molecule has 0 aromatic heterocycles. The predicted octanol–water partition coefficient (Wildman–Crippen LogP) is 1.59. The Bertz CT molecular complexity index is 497. The minimum absolute atomic E-state index is 0.249. The highest BCUT2D eigenvalue weighted by atomic mass is 32.3. The van der Waals surface area contributed by atoms with Crippen LogP contribution in [0.3, 0.4) is 0 Å². The van der Waals surface area contributed by atoms with Crippen LogP contribution < -0.4 is 4.18 Å². The molecule has 4 nitrogen and oxygen atoms in total. The SMILES string of the molecule is Cc1c(F)cc(F)c(OS(=O)(=O)O)c1F. The Kier molecular flexibility index (Phi) is 2.91. The van der Waals surface area contributed by atoms with Gasteiger partial charge in [-0.1, -0.05) is 0 Å². The molecule has 15 heavy (non-hydrogen) atoms. The fraction of sp³-hybridized carbons (Fsp3) is 0.143. The molecule has 1 aromatic rings. The van der Waals surface area contributed by atoms with Crippen molar-refractivity contribution in [1.29, 1.82) is 0 Å². The van der Waals surface area contributed by atoms with E-state index in [4.69, 9.17) is 4.55 Å². The van der Waals surface area contributed by atoms with Crippen LogP contribution in [0, 0.1) is 24.4 Å². The van der Waals surface area contributed by atoms with Crippen molar-refractivity contribution in [3.63, 3.8) is 0 Å². The lowest BCUT2D eigenvalue weighted by molar-refractivity contribution is 0.361. The van der Waals surface area contributed by atoms with E-state index in [2.05, 4.69) is 4.18 Å². The molecule has 0 radical (unpaired) electrons. The summed E-state index contributed by atoms with van der Waals surface area (Å²) in [6, 6.07) is 0.249. The van der Waals surface area contributed by atoms with Gasteiger partial charge in [0, 0.05) is 11.6 Å². The summed E-state index contributed by atoms with van der Waals surface area (Å²) in [6.07, 6.45) is 0. The monoisotopic (exact) mass is 242 g/mol. The van der Waals surface area contributed by atoms with Crippen molar-refractivity contribution in [1.82, 2.24) is 0 Å². The van der Waals surface area contributed by atoms with Gasteiger partial charge in [0.2, 0.25) is 5.75 Å². The number of hydrogen-bond donors (Lipinski definition) is 1. The van der Waals surface area contributed by atoms with E-state index < -0.39 is 39.2 Å². The molecule has 1 aromatic carbocycles. The molecule has 0 bridgehead atoms. The van der Waals surface area contributed by atoms with Crippen molar-refractivity contribution < 1.29 is 30.3 Å². The van der Waals surface area contributed by atoms with Crippen LogP contribution in [-0.2, 0) is 10.4 Å². The molecule has 1 rings (SSSR count). The Hall–Kier alpha value is -1.28. The maximum atomic E-state index is 13.1. The van der Waals surface area contributed by atoms with Crippen LogP contribution in [0.1, 0.15) is 5.56 Å². The minimum Gasteiger partial charge on any atom is -0.355 e. The molecule has 0 heterocycles. The van der Waals surface area contributed by atoms with Gasteiger partial charge >= 0.3 is 10.4 Å². The van der Waals surface area contributed by atoms with Gasteiger partial charge in [-0.05, 0) is 6.92 Å². The summed E-state index contributed by atoms with van der Waals surface area (Å²) in [5, 5.41) is 0. The average Bonchev–Trinajstić information content (AvgIpc) is 2.07. The topological polar surface area (TPSA) is 63.6 Å². The lowest BCUT2D eigenvalue weighted by Crippen LogP contribution is -2.10. The second-order valence-corrected chi connectivity index (χ2v) is 3.64. The summed E-state index contributed by atoms with van der Waals surface area (Å²) in [6.45, 7) is 0.959. The number of rotatable bonds is 2. The summed E-state index contributed by atoms with van der Waals surface area (Å²) in [5.74, 6) is -5.64. The molecular formula is C7H5F3O4S. The van der Waals surface area contributed by atoms with E-state index in [-0.39, 0.29) is 6.07 Å². The van der Waals surface area contributed by atoms with Crippen LogP contribution in [0.15, 0.2) is 6.07 Å². The maximum absolute atomic E-state index is 13.1. The maximum Gasteiger partial charge on any atom is 0.446 e. The van der Waals surface area contributed by atoms with E-state index in [1.165, 1.54) is 0 Å². The molecule has 0 saturated heterocycles. The third kappa shape index (κ3) is 2.60. The van der Waals surface area contributed by atoms with Gasteiger partial charge < -0.3 is 4.18 Å². The second-order valence-electron chi connectivity index (χ2n) is 2.62. The molecule has 0 saturated carbocycles. The molecular weight excluding hydrogens is 237 g/mol. The molecule has 0 aliphatic heterocycles. The average molecular weight is 242 g/mol. The van der Waals surface area contributed by atoms with Gasteiger partial charge in [0.05, 0.1) is 0 Å². The number of hydrogen-bond acceptors (Lipinski definition) is 3. The zero-order valence-electron chi connectivity index (χ0n) is 7.29. The van der Waals surface area contributed by atoms with Gasteiger partial charge in [-0.2, -0.15) is 8.42 Å². The first kappa shape index (κ1) is 11.8. The summed E-state index contributed by atoms with van der Waals surface area (Å²) in [4.78, 5) is 0. The molecule has 0 atom stereocenters. The third-order valence-electron chi connectivity index (χ3n) is 1.55. The minimum atomic E-state index is -5.05. The Labute approximate surface area is 83.2 Å². The highest BCUT2D eigenvalue weighted by Crippen LogP contribution is 2.27. The fourth-order valence-corrected chi connectivity index (χ4v) is 1.21. The molecule has 0 unspecified atom stereocenters. The third-order valence-corrected chi connectivity index (χ3v) is 1.92. The molecule has 0 aliphatic rings. The van der Waals surface area contributed by atoms with Crippen LogP contribution in [0.4, 0.5) is 13.2 Å². The van der Waals surface area contributed by atoms with Crippen molar-refractivity contribution in [3.8, 4) is 5.75 Å². The highest BCUT2D eigenvalue weighted by Gasteiger charge is 2.21. The van der Waals surface area contributed by atoms with Gasteiger partial charge in [-0.25, -0.2) is 13.2 Å². The van der Waals surface area contributed by atoms with Crippen molar-refractivity contribution in [2.75, 3.05) is 0 Å². The molecule has 1 N–H and O–H groups in total. The van der Waals surface area contributed by atoms with Gasteiger partial charge in [0.1, 0.15) is 5.82 Å². The van der Waals surface area contributed by atoms with Gasteiger partial charge in [0.15, 0.2) is 11.6 Å². The van der Waals surface area contributed by atoms with E-state index in [1.807, 2.05) is 0 Å². The van der Waals surface area contributed by atoms with Crippen LogP contribution in [0.25, 0.3) is 0 Å². The standard InChI is InChI=1S/C7H5F3O4S/c1-3-4(8)2-5(9)7(6(3)10)14-15(11,12)13/h2H,1H3,(H,11,12,13). The van der Waals surface area contributed by atoms with Gasteiger partial charge in [-0.3, -0.25) is 4.55 Å². The fourth-order valence-electron chi connectivity index (χ4n) is 0.847. The Morgan fingerprint density at radius 3 is 2.27 bits per heavy atom. The summed E-state index contributed by atoms with van der Waals surface area (Å²) in [5.41, 5.74) is -0.616. The van der Waals surface area contributed by atoms with Gasteiger partial charge in [0.25, 0.3) is 0 Å². The largest absolute Gasteiger partial charge is 0.446 e. The van der Waals surface area contributed by atoms with Crippen LogP contribution in [0.2, 0.25) is 0 Å². The zero-order chi connectivity index (χ0) is 11.8. The Balaban J connectivity index is 3.37. The quantitative estimate of drug-likeness (QED) is 0.800. The molecule has 0 amide bonds. The van der Waals surface area contributed by atoms with E-state index in [1.54, 1.807) is 0 Å². The smallest absolute Gasteiger partial charge is 0.355 e. The van der Waals surface area contributed by atoms with Crippen LogP contribution in [0.5, 0.6) is 5.75 Å². The van der Waals surface area contributed by atoms with Crippen LogP contribution in [-0.4, -0.2) is 13.0 Å².